The Morgan fingerprint density at radius 2 is 1.02 bits per heavy atom. The van der Waals surface area contributed by atoms with Crippen LogP contribution in [0.4, 0.5) is 0 Å². The van der Waals surface area contributed by atoms with E-state index in [0.717, 1.165) is 95.9 Å². The zero-order valence-corrected chi connectivity index (χ0v) is 29.1. The molecule has 2 fully saturated rings. The van der Waals surface area contributed by atoms with Crippen LogP contribution in [0.1, 0.15) is 97.6 Å². The highest BCUT2D eigenvalue weighted by Gasteiger charge is 2.48. The lowest BCUT2D eigenvalue weighted by molar-refractivity contribution is -0.117. The van der Waals surface area contributed by atoms with Gasteiger partial charge in [-0.1, -0.05) is 47.5 Å². The van der Waals surface area contributed by atoms with Gasteiger partial charge in [0.15, 0.2) is 0 Å². The fourth-order valence-corrected chi connectivity index (χ4v) is 8.72. The lowest BCUT2D eigenvalue weighted by atomic mass is 9.74. The summed E-state index contributed by atoms with van der Waals surface area (Å²) in [7, 11) is 3.56. The van der Waals surface area contributed by atoms with Crippen molar-refractivity contribution in [3.05, 3.63) is 80.9 Å². The van der Waals surface area contributed by atoms with Gasteiger partial charge in [0.2, 0.25) is 0 Å². The summed E-state index contributed by atoms with van der Waals surface area (Å²) in [6.07, 6.45) is 8.97. The van der Waals surface area contributed by atoms with E-state index >= 15 is 0 Å². The molecule has 2 spiro atoms. The third kappa shape index (κ3) is 6.47. The molecule has 2 amide bonds. The van der Waals surface area contributed by atoms with E-state index < -0.39 is 0 Å². The predicted octanol–water partition coefficient (Wildman–Crippen LogP) is 6.84. The zero-order chi connectivity index (χ0) is 33.3. The molecule has 2 saturated carbocycles. The molecule has 4 aliphatic rings. The summed E-state index contributed by atoms with van der Waals surface area (Å²) in [6.45, 7) is 9.36. The lowest BCUT2D eigenvalue weighted by Gasteiger charge is -2.39. The summed E-state index contributed by atoms with van der Waals surface area (Å²) in [5, 5.41) is 6.89. The average Bonchev–Trinajstić information content (AvgIpc) is 3.48. The Hall–Kier alpha value is -3.26. The van der Waals surface area contributed by atoms with Crippen LogP contribution in [0.5, 0.6) is 0 Å². The maximum Gasteiger partial charge on any atom is 0.252 e. The SMILES string of the molecule is COC1CCC2(CC1)NC(=O)C(c1cc(C)ccc1C)=C2CCOCCC1=C(c2cc(C)ccc2C)C(=O)NC12CCC(OC)CC2. The van der Waals surface area contributed by atoms with Gasteiger partial charge in [0.1, 0.15) is 0 Å². The van der Waals surface area contributed by atoms with Crippen molar-refractivity contribution >= 4 is 23.0 Å². The molecular weight excluding hydrogens is 588 g/mol. The van der Waals surface area contributed by atoms with Gasteiger partial charge in [0, 0.05) is 25.4 Å². The molecular formula is C40H52N2O5. The molecule has 2 aromatic carbocycles. The molecule has 6 rings (SSSR count). The molecule has 0 radical (unpaired) electrons. The second-order valence-corrected chi connectivity index (χ2v) is 14.4. The maximum atomic E-state index is 13.7. The molecule has 2 aromatic rings. The molecule has 2 aliphatic carbocycles. The third-order valence-corrected chi connectivity index (χ3v) is 11.5. The van der Waals surface area contributed by atoms with Gasteiger partial charge in [-0.15, -0.1) is 0 Å². The zero-order valence-electron chi connectivity index (χ0n) is 29.1. The fourth-order valence-electron chi connectivity index (χ4n) is 8.72. The number of rotatable bonds is 10. The second kappa shape index (κ2) is 13.7. The van der Waals surface area contributed by atoms with Crippen LogP contribution in [0.25, 0.3) is 11.1 Å². The number of benzene rings is 2. The molecule has 2 aliphatic heterocycles. The van der Waals surface area contributed by atoms with Crippen molar-refractivity contribution in [3.8, 4) is 0 Å². The predicted molar refractivity (Wildman–Crippen MR) is 186 cm³/mol. The van der Waals surface area contributed by atoms with Gasteiger partial charge in [-0.3, -0.25) is 9.59 Å². The van der Waals surface area contributed by atoms with Gasteiger partial charge in [-0.05, 0) is 125 Å². The summed E-state index contributed by atoms with van der Waals surface area (Å²) < 4.78 is 17.8. The Kier molecular flexibility index (Phi) is 9.80. The van der Waals surface area contributed by atoms with Crippen LogP contribution in [-0.4, -0.2) is 62.5 Å². The van der Waals surface area contributed by atoms with Crippen LogP contribution in [-0.2, 0) is 23.8 Å². The Morgan fingerprint density at radius 3 is 1.38 bits per heavy atom. The van der Waals surface area contributed by atoms with E-state index in [-0.39, 0.29) is 35.1 Å². The quantitative estimate of drug-likeness (QED) is 0.278. The summed E-state index contributed by atoms with van der Waals surface area (Å²) in [4.78, 5) is 27.4. The van der Waals surface area contributed by atoms with Crippen LogP contribution >= 0.6 is 0 Å². The average molecular weight is 641 g/mol. The second-order valence-electron chi connectivity index (χ2n) is 14.4. The van der Waals surface area contributed by atoms with E-state index in [1.807, 2.05) is 0 Å². The van der Waals surface area contributed by atoms with E-state index in [2.05, 4.69) is 74.7 Å². The van der Waals surface area contributed by atoms with Gasteiger partial charge >= 0.3 is 0 Å². The fraction of sp³-hybridized carbons (Fsp3) is 0.550. The first-order chi connectivity index (χ1) is 22.6. The molecule has 7 nitrogen and oxygen atoms in total. The Balaban J connectivity index is 1.25. The van der Waals surface area contributed by atoms with E-state index in [4.69, 9.17) is 14.2 Å². The minimum Gasteiger partial charge on any atom is -0.381 e. The molecule has 0 bridgehead atoms. The van der Waals surface area contributed by atoms with Gasteiger partial charge < -0.3 is 24.8 Å². The number of methoxy groups -OCH3 is 2. The van der Waals surface area contributed by atoms with Crippen molar-refractivity contribution in [1.82, 2.24) is 10.6 Å². The Bertz CT molecular complexity index is 1470. The number of aryl methyl sites for hydroxylation is 4. The first-order valence-electron chi connectivity index (χ1n) is 17.5. The van der Waals surface area contributed by atoms with Crippen molar-refractivity contribution in [2.24, 2.45) is 0 Å². The molecule has 0 unspecified atom stereocenters. The highest BCUT2D eigenvalue weighted by molar-refractivity contribution is 6.24. The van der Waals surface area contributed by atoms with Gasteiger partial charge in [0.05, 0.1) is 36.5 Å². The van der Waals surface area contributed by atoms with Crippen LogP contribution in [0.2, 0.25) is 0 Å². The molecule has 0 aromatic heterocycles. The summed E-state index contributed by atoms with van der Waals surface area (Å²) in [6, 6.07) is 12.7. The standard InChI is InChI=1S/C40H52N2O5/c1-25-7-9-27(3)31(23-25)35-33(39(41-37(35)43)17-11-29(45-5)12-18-39)15-21-47-22-16-34-36(32-24-26(2)8-10-28(32)4)38(44)42-40(34)19-13-30(46-6)14-20-40/h7-10,23-24,29-30H,11-22H2,1-6H3,(H,41,43)(H,42,44). The molecule has 7 heteroatoms. The largest absolute Gasteiger partial charge is 0.381 e. The maximum absolute atomic E-state index is 13.7. The highest BCUT2D eigenvalue weighted by atomic mass is 16.5. The van der Waals surface area contributed by atoms with E-state index in [1.165, 1.54) is 11.1 Å². The van der Waals surface area contributed by atoms with Crippen molar-refractivity contribution in [3.63, 3.8) is 0 Å². The minimum absolute atomic E-state index is 0.0250. The van der Waals surface area contributed by atoms with E-state index in [0.29, 0.717) is 26.1 Å². The Labute approximate surface area is 280 Å². The molecule has 0 saturated heterocycles. The molecule has 47 heavy (non-hydrogen) atoms. The summed E-state index contributed by atoms with van der Waals surface area (Å²) in [5.74, 6) is 0.0501. The number of hydrogen-bond acceptors (Lipinski definition) is 5. The van der Waals surface area contributed by atoms with Crippen LogP contribution in [0, 0.1) is 27.7 Å². The molecule has 2 N–H and O–H groups in total. The first kappa shape index (κ1) is 33.6. The van der Waals surface area contributed by atoms with E-state index in [9.17, 15) is 9.59 Å². The van der Waals surface area contributed by atoms with Crippen molar-refractivity contribution in [1.29, 1.82) is 0 Å². The lowest BCUT2D eigenvalue weighted by Crippen LogP contribution is -2.48. The minimum atomic E-state index is -0.356. The van der Waals surface area contributed by atoms with Crippen LogP contribution < -0.4 is 10.6 Å². The number of carbonyl (C=O) groups excluding carboxylic acids is 2. The number of hydrogen-bond donors (Lipinski definition) is 2. The van der Waals surface area contributed by atoms with Crippen molar-refractivity contribution < 1.29 is 23.8 Å². The number of carbonyl (C=O) groups is 2. The first-order valence-corrected chi connectivity index (χ1v) is 17.5. The van der Waals surface area contributed by atoms with Gasteiger partial charge in [-0.2, -0.15) is 0 Å². The molecule has 0 atom stereocenters. The van der Waals surface area contributed by atoms with Crippen molar-refractivity contribution in [2.75, 3.05) is 27.4 Å². The van der Waals surface area contributed by atoms with Crippen molar-refractivity contribution in [2.45, 2.75) is 115 Å². The number of ether oxygens (including phenoxy) is 3. The highest BCUT2D eigenvalue weighted by Crippen LogP contribution is 2.47. The summed E-state index contributed by atoms with van der Waals surface area (Å²) >= 11 is 0. The normalized spacial score (nSPS) is 27.7. The number of amides is 2. The monoisotopic (exact) mass is 640 g/mol. The van der Waals surface area contributed by atoms with Gasteiger partial charge in [0.25, 0.3) is 11.8 Å². The summed E-state index contributed by atoms with van der Waals surface area (Å²) in [5.41, 5.74) is 9.84. The Morgan fingerprint density at radius 1 is 0.638 bits per heavy atom. The number of nitrogens with one attached hydrogen (secondary N) is 2. The topological polar surface area (TPSA) is 85.9 Å². The molecule has 252 valence electrons. The van der Waals surface area contributed by atoms with Gasteiger partial charge in [-0.25, -0.2) is 0 Å². The van der Waals surface area contributed by atoms with E-state index in [1.54, 1.807) is 14.2 Å². The van der Waals surface area contributed by atoms with Crippen LogP contribution in [0.15, 0.2) is 47.5 Å². The van der Waals surface area contributed by atoms with Crippen LogP contribution in [0.3, 0.4) is 0 Å². The smallest absolute Gasteiger partial charge is 0.252 e. The third-order valence-electron chi connectivity index (χ3n) is 11.5. The molecule has 2 heterocycles.